The second-order valence-corrected chi connectivity index (χ2v) is 6.05. The summed E-state index contributed by atoms with van der Waals surface area (Å²) in [6.45, 7) is 6.75. The van der Waals surface area contributed by atoms with E-state index in [2.05, 4.69) is 13.8 Å². The van der Waals surface area contributed by atoms with Crippen LogP contribution in [0.2, 0.25) is 0 Å². The predicted molar refractivity (Wildman–Crippen MR) is 86.0 cm³/mol. The molecule has 1 aliphatic rings. The van der Waals surface area contributed by atoms with E-state index in [1.54, 1.807) is 12.1 Å². The number of hydrogen-bond acceptors (Lipinski definition) is 4. The third-order valence-corrected chi connectivity index (χ3v) is 3.99. The lowest BCUT2D eigenvalue weighted by Crippen LogP contribution is -2.48. The largest absolute Gasteiger partial charge is 0.362 e. The number of rotatable bonds is 5. The average molecular weight is 305 g/mol. The highest BCUT2D eigenvalue weighted by Crippen LogP contribution is 2.28. The van der Waals surface area contributed by atoms with Gasteiger partial charge in [-0.1, -0.05) is 26.0 Å². The van der Waals surface area contributed by atoms with Crippen molar-refractivity contribution in [2.24, 2.45) is 5.92 Å². The summed E-state index contributed by atoms with van der Waals surface area (Å²) in [5, 5.41) is 11.1. The van der Waals surface area contributed by atoms with Crippen LogP contribution in [0.15, 0.2) is 24.3 Å². The number of nitro groups is 1. The van der Waals surface area contributed by atoms with Gasteiger partial charge in [-0.15, -0.1) is 0 Å². The number of benzene rings is 1. The molecule has 1 aromatic rings. The van der Waals surface area contributed by atoms with Crippen LogP contribution in [0.1, 0.15) is 26.7 Å². The van der Waals surface area contributed by atoms with Gasteiger partial charge in [0.05, 0.1) is 4.92 Å². The standard InChI is InChI=1S/C16H23N3O3/c1-13(2)7-8-16(20)18-11-9-17(10-12-18)14-5-3-4-6-15(14)19(21)22/h3-6,13H,7-12H2,1-2H3. The summed E-state index contributed by atoms with van der Waals surface area (Å²) in [7, 11) is 0. The van der Waals surface area contributed by atoms with Crippen LogP contribution < -0.4 is 4.90 Å². The van der Waals surface area contributed by atoms with Crippen molar-refractivity contribution in [1.82, 2.24) is 4.90 Å². The van der Waals surface area contributed by atoms with E-state index in [1.165, 1.54) is 6.07 Å². The molecule has 120 valence electrons. The van der Waals surface area contributed by atoms with Gasteiger partial charge in [0.2, 0.25) is 5.91 Å². The molecule has 0 bridgehead atoms. The number of hydrogen-bond donors (Lipinski definition) is 0. The topological polar surface area (TPSA) is 66.7 Å². The van der Waals surface area contributed by atoms with Crippen LogP contribution in [0, 0.1) is 16.0 Å². The molecule has 0 saturated carbocycles. The number of carbonyl (C=O) groups excluding carboxylic acids is 1. The monoisotopic (exact) mass is 305 g/mol. The molecule has 1 heterocycles. The van der Waals surface area contributed by atoms with Gasteiger partial charge in [0.15, 0.2) is 0 Å². The van der Waals surface area contributed by atoms with Crippen molar-refractivity contribution < 1.29 is 9.72 Å². The molecule has 1 fully saturated rings. The van der Waals surface area contributed by atoms with Crippen molar-refractivity contribution in [3.63, 3.8) is 0 Å². The summed E-state index contributed by atoms with van der Waals surface area (Å²) >= 11 is 0. The maximum absolute atomic E-state index is 12.1. The average Bonchev–Trinajstić information content (AvgIpc) is 2.52. The fourth-order valence-corrected chi connectivity index (χ4v) is 2.65. The van der Waals surface area contributed by atoms with Gasteiger partial charge in [-0.3, -0.25) is 14.9 Å². The highest BCUT2D eigenvalue weighted by molar-refractivity contribution is 5.76. The molecule has 0 aromatic heterocycles. The number of carbonyl (C=O) groups is 1. The van der Waals surface area contributed by atoms with Gasteiger partial charge in [0, 0.05) is 38.7 Å². The van der Waals surface area contributed by atoms with Crippen LogP contribution in [-0.2, 0) is 4.79 Å². The van der Waals surface area contributed by atoms with Crippen molar-refractivity contribution in [2.45, 2.75) is 26.7 Å². The van der Waals surface area contributed by atoms with Crippen LogP contribution in [0.25, 0.3) is 0 Å². The first-order chi connectivity index (χ1) is 10.5. The Labute approximate surface area is 130 Å². The summed E-state index contributed by atoms with van der Waals surface area (Å²) in [5.74, 6) is 0.716. The SMILES string of the molecule is CC(C)CCC(=O)N1CCN(c2ccccc2[N+](=O)[O-])CC1. The first-order valence-electron chi connectivity index (χ1n) is 7.75. The molecule has 1 aliphatic heterocycles. The Balaban J connectivity index is 1.95. The maximum Gasteiger partial charge on any atom is 0.292 e. The number of para-hydroxylation sites is 2. The zero-order valence-corrected chi connectivity index (χ0v) is 13.2. The number of nitro benzene ring substituents is 1. The van der Waals surface area contributed by atoms with Crippen molar-refractivity contribution in [1.29, 1.82) is 0 Å². The van der Waals surface area contributed by atoms with Crippen molar-refractivity contribution >= 4 is 17.3 Å². The Morgan fingerprint density at radius 1 is 1.23 bits per heavy atom. The fourth-order valence-electron chi connectivity index (χ4n) is 2.65. The predicted octanol–water partition coefficient (Wildman–Crippen LogP) is 2.68. The molecule has 6 heteroatoms. The first kappa shape index (κ1) is 16.3. The highest BCUT2D eigenvalue weighted by Gasteiger charge is 2.25. The molecular weight excluding hydrogens is 282 g/mol. The second kappa shape index (κ2) is 7.24. The van der Waals surface area contributed by atoms with Crippen molar-refractivity contribution in [3.8, 4) is 0 Å². The molecule has 0 N–H and O–H groups in total. The quantitative estimate of drug-likeness (QED) is 0.619. The Kier molecular flexibility index (Phi) is 5.35. The number of piperazine rings is 1. The molecule has 0 radical (unpaired) electrons. The molecule has 1 amide bonds. The van der Waals surface area contributed by atoms with Crippen molar-refractivity contribution in [2.75, 3.05) is 31.1 Å². The second-order valence-electron chi connectivity index (χ2n) is 6.05. The number of anilines is 1. The number of nitrogens with zero attached hydrogens (tertiary/aromatic N) is 3. The van der Waals surface area contributed by atoms with E-state index in [0.717, 1.165) is 6.42 Å². The van der Waals surface area contributed by atoms with Crippen molar-refractivity contribution in [3.05, 3.63) is 34.4 Å². The molecule has 6 nitrogen and oxygen atoms in total. The normalized spacial score (nSPS) is 15.2. The van der Waals surface area contributed by atoms with Crippen LogP contribution in [0.5, 0.6) is 0 Å². The fraction of sp³-hybridized carbons (Fsp3) is 0.562. The van der Waals surface area contributed by atoms with Gasteiger partial charge in [-0.25, -0.2) is 0 Å². The van der Waals surface area contributed by atoms with Gasteiger partial charge < -0.3 is 9.80 Å². The van der Waals surface area contributed by atoms with Crippen LogP contribution in [-0.4, -0.2) is 41.9 Å². The molecule has 0 aliphatic carbocycles. The first-order valence-corrected chi connectivity index (χ1v) is 7.75. The van der Waals surface area contributed by atoms with Crippen LogP contribution >= 0.6 is 0 Å². The molecule has 0 unspecified atom stereocenters. The van der Waals surface area contributed by atoms with Gasteiger partial charge in [-0.2, -0.15) is 0 Å². The Bertz CT molecular complexity index is 537. The molecule has 1 aromatic carbocycles. The number of amides is 1. The molecule has 22 heavy (non-hydrogen) atoms. The lowest BCUT2D eigenvalue weighted by atomic mass is 10.1. The summed E-state index contributed by atoms with van der Waals surface area (Å²) in [6, 6.07) is 6.78. The third-order valence-electron chi connectivity index (χ3n) is 3.99. The minimum absolute atomic E-state index is 0.127. The smallest absolute Gasteiger partial charge is 0.292 e. The van der Waals surface area contributed by atoms with Crippen LogP contribution in [0.3, 0.4) is 0 Å². The van der Waals surface area contributed by atoms with E-state index < -0.39 is 0 Å². The van der Waals surface area contributed by atoms with E-state index in [1.807, 2.05) is 15.9 Å². The molecule has 1 saturated heterocycles. The van der Waals surface area contributed by atoms with Gasteiger partial charge in [0.1, 0.15) is 5.69 Å². The molecule has 0 spiro atoms. The Hall–Kier alpha value is -2.11. The van der Waals surface area contributed by atoms with E-state index in [9.17, 15) is 14.9 Å². The van der Waals surface area contributed by atoms with Crippen LogP contribution in [0.4, 0.5) is 11.4 Å². The summed E-state index contributed by atoms with van der Waals surface area (Å²) in [6.07, 6.45) is 1.49. The van der Waals surface area contributed by atoms with E-state index >= 15 is 0 Å². The Morgan fingerprint density at radius 2 is 1.86 bits per heavy atom. The lowest BCUT2D eigenvalue weighted by molar-refractivity contribution is -0.384. The van der Waals surface area contributed by atoms with Gasteiger partial charge >= 0.3 is 0 Å². The summed E-state index contributed by atoms with van der Waals surface area (Å²) < 4.78 is 0. The molecular formula is C16H23N3O3. The van der Waals surface area contributed by atoms with Gasteiger partial charge in [0.25, 0.3) is 5.69 Å². The molecule has 2 rings (SSSR count). The minimum Gasteiger partial charge on any atom is -0.362 e. The molecule has 0 atom stereocenters. The maximum atomic E-state index is 12.1. The minimum atomic E-state index is -0.352. The van der Waals surface area contributed by atoms with Gasteiger partial charge in [-0.05, 0) is 18.4 Å². The zero-order chi connectivity index (χ0) is 16.1. The lowest BCUT2D eigenvalue weighted by Gasteiger charge is -2.36. The summed E-state index contributed by atoms with van der Waals surface area (Å²) in [5.41, 5.74) is 0.767. The van der Waals surface area contributed by atoms with E-state index in [-0.39, 0.29) is 16.5 Å². The third kappa shape index (κ3) is 3.96. The summed E-state index contributed by atoms with van der Waals surface area (Å²) in [4.78, 5) is 26.7. The van der Waals surface area contributed by atoms with E-state index in [4.69, 9.17) is 0 Å². The Morgan fingerprint density at radius 3 is 2.45 bits per heavy atom. The zero-order valence-electron chi connectivity index (χ0n) is 13.2. The highest BCUT2D eigenvalue weighted by atomic mass is 16.6. The van der Waals surface area contributed by atoms with E-state index in [0.29, 0.717) is 44.2 Å².